The highest BCUT2D eigenvalue weighted by atomic mass is 32.2. The molecule has 0 amide bonds. The van der Waals surface area contributed by atoms with Crippen molar-refractivity contribution >= 4 is 16.0 Å². The average Bonchev–Trinajstić information content (AvgIpc) is 3.39. The summed E-state index contributed by atoms with van der Waals surface area (Å²) >= 11 is 0. The van der Waals surface area contributed by atoms with Gasteiger partial charge in [-0.3, -0.25) is 4.79 Å². The van der Waals surface area contributed by atoms with Crippen molar-refractivity contribution in [2.75, 3.05) is 13.7 Å². The molecule has 1 aromatic carbocycles. The Morgan fingerprint density at radius 3 is 2.42 bits per heavy atom. The summed E-state index contributed by atoms with van der Waals surface area (Å²) in [6.07, 6.45) is 4.09. The zero-order chi connectivity index (χ0) is 17.8. The molecule has 3 N–H and O–H groups in total. The summed E-state index contributed by atoms with van der Waals surface area (Å²) in [6, 6.07) is 6.20. The standard InChI is InChI=1S/C17H26N2O4S/c1-3-4-5-14(12-18)19-24(21,22)15-8-6-13(7-9-15)17(10-11-17)16(20)23-2/h6-9,14,19H,3-5,10-12,18H2,1-2H3. The third kappa shape index (κ3) is 3.96. The number of benzene rings is 1. The van der Waals surface area contributed by atoms with Crippen LogP contribution in [0.25, 0.3) is 0 Å². The van der Waals surface area contributed by atoms with Gasteiger partial charge in [-0.05, 0) is 37.0 Å². The summed E-state index contributed by atoms with van der Waals surface area (Å²) in [7, 11) is -2.25. The van der Waals surface area contributed by atoms with Gasteiger partial charge in [-0.2, -0.15) is 0 Å². The van der Waals surface area contributed by atoms with Crippen LogP contribution in [0.5, 0.6) is 0 Å². The Kier molecular flexibility index (Phi) is 6.01. The Morgan fingerprint density at radius 2 is 1.96 bits per heavy atom. The minimum Gasteiger partial charge on any atom is -0.468 e. The van der Waals surface area contributed by atoms with Gasteiger partial charge < -0.3 is 10.5 Å². The predicted molar refractivity (Wildman–Crippen MR) is 92.1 cm³/mol. The number of unbranched alkanes of at least 4 members (excludes halogenated alkanes) is 1. The van der Waals surface area contributed by atoms with Gasteiger partial charge in [0.05, 0.1) is 17.4 Å². The molecule has 1 fully saturated rings. The van der Waals surface area contributed by atoms with E-state index in [0.29, 0.717) is 0 Å². The van der Waals surface area contributed by atoms with Crippen molar-refractivity contribution in [2.24, 2.45) is 5.73 Å². The van der Waals surface area contributed by atoms with Crippen LogP contribution in [0.3, 0.4) is 0 Å². The molecule has 1 saturated carbocycles. The fourth-order valence-corrected chi connectivity index (χ4v) is 4.13. The summed E-state index contributed by atoms with van der Waals surface area (Å²) < 4.78 is 32.5. The summed E-state index contributed by atoms with van der Waals surface area (Å²) in [5.41, 5.74) is 5.87. The topological polar surface area (TPSA) is 98.5 Å². The van der Waals surface area contributed by atoms with Gasteiger partial charge >= 0.3 is 5.97 Å². The number of methoxy groups -OCH3 is 1. The van der Waals surface area contributed by atoms with E-state index in [1.165, 1.54) is 19.2 Å². The van der Waals surface area contributed by atoms with E-state index in [4.69, 9.17) is 10.5 Å². The first-order valence-corrected chi connectivity index (χ1v) is 9.79. The van der Waals surface area contributed by atoms with E-state index in [2.05, 4.69) is 11.6 Å². The average molecular weight is 354 g/mol. The number of ether oxygens (including phenoxy) is 1. The van der Waals surface area contributed by atoms with Crippen LogP contribution < -0.4 is 10.5 Å². The molecule has 6 nitrogen and oxygen atoms in total. The van der Waals surface area contributed by atoms with Crippen LogP contribution in [0, 0.1) is 0 Å². The van der Waals surface area contributed by atoms with Crippen LogP contribution in [0.2, 0.25) is 0 Å². The van der Waals surface area contributed by atoms with Crippen molar-refractivity contribution in [1.82, 2.24) is 4.72 Å². The van der Waals surface area contributed by atoms with Crippen molar-refractivity contribution in [3.8, 4) is 0 Å². The van der Waals surface area contributed by atoms with Crippen molar-refractivity contribution < 1.29 is 17.9 Å². The number of rotatable bonds is 9. The summed E-state index contributed by atoms with van der Waals surface area (Å²) in [5, 5.41) is 0. The van der Waals surface area contributed by atoms with Gasteiger partial charge in [0.15, 0.2) is 0 Å². The molecule has 1 aliphatic rings. The van der Waals surface area contributed by atoms with E-state index < -0.39 is 15.4 Å². The smallest absolute Gasteiger partial charge is 0.316 e. The number of sulfonamides is 1. The predicted octanol–water partition coefficient (Wildman–Crippen LogP) is 1.69. The van der Waals surface area contributed by atoms with E-state index in [9.17, 15) is 13.2 Å². The number of hydrogen-bond donors (Lipinski definition) is 2. The zero-order valence-electron chi connectivity index (χ0n) is 14.2. The molecular formula is C17H26N2O4S. The highest BCUT2D eigenvalue weighted by Crippen LogP contribution is 2.49. The molecule has 1 aromatic rings. The largest absolute Gasteiger partial charge is 0.468 e. The van der Waals surface area contributed by atoms with Crippen molar-refractivity contribution in [2.45, 2.75) is 55.4 Å². The maximum Gasteiger partial charge on any atom is 0.316 e. The Morgan fingerprint density at radius 1 is 1.33 bits per heavy atom. The molecule has 0 spiro atoms. The maximum absolute atomic E-state index is 12.5. The highest BCUT2D eigenvalue weighted by Gasteiger charge is 2.52. The number of hydrogen-bond acceptors (Lipinski definition) is 5. The molecule has 0 heterocycles. The van der Waals surface area contributed by atoms with Crippen LogP contribution in [0.4, 0.5) is 0 Å². The van der Waals surface area contributed by atoms with Gasteiger partial charge in [-0.15, -0.1) is 0 Å². The lowest BCUT2D eigenvalue weighted by atomic mass is 9.96. The van der Waals surface area contributed by atoms with Gasteiger partial charge in [-0.25, -0.2) is 13.1 Å². The Labute approximate surface area is 143 Å². The first-order valence-electron chi connectivity index (χ1n) is 8.31. The van der Waals surface area contributed by atoms with E-state index in [0.717, 1.165) is 37.7 Å². The van der Waals surface area contributed by atoms with Crippen LogP contribution in [0.1, 0.15) is 44.6 Å². The van der Waals surface area contributed by atoms with Crippen LogP contribution >= 0.6 is 0 Å². The van der Waals surface area contributed by atoms with Crippen molar-refractivity contribution in [1.29, 1.82) is 0 Å². The first kappa shape index (κ1) is 18.9. The molecule has 24 heavy (non-hydrogen) atoms. The number of carbonyl (C=O) groups is 1. The lowest BCUT2D eigenvalue weighted by Gasteiger charge is -2.17. The zero-order valence-corrected chi connectivity index (χ0v) is 15.1. The molecule has 1 aliphatic carbocycles. The monoisotopic (exact) mass is 354 g/mol. The van der Waals surface area contributed by atoms with Gasteiger partial charge in [0.25, 0.3) is 0 Å². The SMILES string of the molecule is CCCCC(CN)NS(=O)(=O)c1ccc(C2(C(=O)OC)CC2)cc1. The number of esters is 1. The Balaban J connectivity index is 2.13. The summed E-state index contributed by atoms with van der Waals surface area (Å²) in [4.78, 5) is 12.1. The molecule has 134 valence electrons. The lowest BCUT2D eigenvalue weighted by Crippen LogP contribution is -2.40. The maximum atomic E-state index is 12.5. The fraction of sp³-hybridized carbons (Fsp3) is 0.588. The molecule has 0 saturated heterocycles. The van der Waals surface area contributed by atoms with E-state index in [1.807, 2.05) is 0 Å². The quantitative estimate of drug-likeness (QED) is 0.658. The second-order valence-corrected chi connectivity index (χ2v) is 8.01. The van der Waals surface area contributed by atoms with Crippen LogP contribution in [-0.2, 0) is 25.0 Å². The number of nitrogens with one attached hydrogen (secondary N) is 1. The van der Waals surface area contributed by atoms with Gasteiger partial charge in [-0.1, -0.05) is 31.9 Å². The molecule has 1 unspecified atom stereocenters. The molecule has 0 radical (unpaired) electrons. The minimum atomic E-state index is -3.62. The van der Waals surface area contributed by atoms with E-state index >= 15 is 0 Å². The third-order valence-corrected chi connectivity index (χ3v) is 6.09. The normalized spacial score (nSPS) is 17.3. The first-order chi connectivity index (χ1) is 11.4. The molecule has 1 atom stereocenters. The van der Waals surface area contributed by atoms with Crippen molar-refractivity contribution in [3.63, 3.8) is 0 Å². The molecule has 0 bridgehead atoms. The summed E-state index contributed by atoms with van der Waals surface area (Å²) in [5.74, 6) is -0.265. The van der Waals surface area contributed by atoms with Gasteiger partial charge in [0.1, 0.15) is 0 Å². The second kappa shape index (κ2) is 7.63. The van der Waals surface area contributed by atoms with E-state index in [-0.39, 0.29) is 23.5 Å². The number of nitrogens with two attached hydrogens (primary N) is 1. The Bertz CT molecular complexity index is 666. The molecule has 7 heteroatoms. The van der Waals surface area contributed by atoms with Gasteiger partial charge in [0, 0.05) is 12.6 Å². The molecule has 2 rings (SSSR count). The highest BCUT2D eigenvalue weighted by molar-refractivity contribution is 7.89. The minimum absolute atomic E-state index is 0.182. The third-order valence-electron chi connectivity index (χ3n) is 4.56. The van der Waals surface area contributed by atoms with Crippen LogP contribution in [0.15, 0.2) is 29.2 Å². The number of carbonyl (C=O) groups excluding carboxylic acids is 1. The van der Waals surface area contributed by atoms with E-state index in [1.54, 1.807) is 12.1 Å². The molecule has 0 aromatic heterocycles. The molecule has 0 aliphatic heterocycles. The van der Waals surface area contributed by atoms with Gasteiger partial charge in [0.2, 0.25) is 10.0 Å². The Hall–Kier alpha value is -1.44. The van der Waals surface area contributed by atoms with Crippen molar-refractivity contribution in [3.05, 3.63) is 29.8 Å². The summed E-state index contributed by atoms with van der Waals surface area (Å²) in [6.45, 7) is 2.32. The lowest BCUT2D eigenvalue weighted by molar-refractivity contribution is -0.143. The fourth-order valence-electron chi connectivity index (χ4n) is 2.85. The second-order valence-electron chi connectivity index (χ2n) is 6.29. The molecular weight excluding hydrogens is 328 g/mol. The van der Waals surface area contributed by atoms with Crippen LogP contribution in [-0.4, -0.2) is 34.1 Å².